The Labute approximate surface area is 92.1 Å². The molecule has 4 heteroatoms. The minimum Gasteiger partial charge on any atom is -0.494 e. The van der Waals surface area contributed by atoms with Gasteiger partial charge in [-0.25, -0.2) is 4.39 Å². The van der Waals surface area contributed by atoms with Crippen molar-refractivity contribution in [1.82, 2.24) is 0 Å². The lowest BCUT2D eigenvalue weighted by atomic mass is 10.2. The molecule has 15 heavy (non-hydrogen) atoms. The third kappa shape index (κ3) is 3.40. The standard InChI is InChI=1S/C11H11FO2S/c1-14-10-5-3-8(7-9(10)12)4-6-11(13)15-2/h3-7H,1-2H3/b6-4+. The van der Waals surface area contributed by atoms with Gasteiger partial charge in [0.2, 0.25) is 5.12 Å². The number of hydrogen-bond donors (Lipinski definition) is 0. The van der Waals surface area contributed by atoms with Crippen LogP contribution in [-0.2, 0) is 4.79 Å². The Morgan fingerprint density at radius 3 is 2.80 bits per heavy atom. The zero-order valence-electron chi connectivity index (χ0n) is 8.49. The second-order valence-electron chi connectivity index (χ2n) is 2.75. The fourth-order valence-corrected chi connectivity index (χ4v) is 1.22. The molecule has 0 aliphatic rings. The number of methoxy groups -OCH3 is 1. The maximum atomic E-state index is 13.2. The highest BCUT2D eigenvalue weighted by Gasteiger charge is 2.01. The van der Waals surface area contributed by atoms with Crippen LogP contribution in [-0.4, -0.2) is 18.5 Å². The van der Waals surface area contributed by atoms with Crippen molar-refractivity contribution < 1.29 is 13.9 Å². The van der Waals surface area contributed by atoms with Gasteiger partial charge < -0.3 is 4.74 Å². The number of carbonyl (C=O) groups is 1. The van der Waals surface area contributed by atoms with Crippen molar-refractivity contribution in [1.29, 1.82) is 0 Å². The second kappa shape index (κ2) is 5.56. The summed E-state index contributed by atoms with van der Waals surface area (Å²) < 4.78 is 18.0. The predicted molar refractivity (Wildman–Crippen MR) is 60.5 cm³/mol. The first-order chi connectivity index (χ1) is 7.17. The molecule has 0 unspecified atom stereocenters. The summed E-state index contributed by atoms with van der Waals surface area (Å²) >= 11 is 1.11. The summed E-state index contributed by atoms with van der Waals surface area (Å²) in [5.41, 5.74) is 0.635. The van der Waals surface area contributed by atoms with Crippen molar-refractivity contribution in [3.8, 4) is 5.75 Å². The summed E-state index contributed by atoms with van der Waals surface area (Å²) in [6.45, 7) is 0. The lowest BCUT2D eigenvalue weighted by molar-refractivity contribution is -0.106. The van der Waals surface area contributed by atoms with Crippen molar-refractivity contribution in [2.24, 2.45) is 0 Å². The van der Waals surface area contributed by atoms with Gasteiger partial charge in [0.25, 0.3) is 0 Å². The highest BCUT2D eigenvalue weighted by atomic mass is 32.2. The van der Waals surface area contributed by atoms with Crippen LogP contribution in [0.4, 0.5) is 4.39 Å². The summed E-state index contributed by atoms with van der Waals surface area (Å²) in [6, 6.07) is 4.54. The lowest BCUT2D eigenvalue weighted by Gasteiger charge is -2.01. The number of ether oxygens (including phenoxy) is 1. The van der Waals surface area contributed by atoms with Gasteiger partial charge in [-0.2, -0.15) is 0 Å². The van der Waals surface area contributed by atoms with Crippen LogP contribution in [0.1, 0.15) is 5.56 Å². The first kappa shape index (κ1) is 11.8. The maximum Gasteiger partial charge on any atom is 0.211 e. The third-order valence-electron chi connectivity index (χ3n) is 1.79. The van der Waals surface area contributed by atoms with Gasteiger partial charge >= 0.3 is 0 Å². The van der Waals surface area contributed by atoms with Crippen LogP contribution in [0.5, 0.6) is 5.75 Å². The second-order valence-corrected chi connectivity index (χ2v) is 3.56. The molecule has 0 saturated carbocycles. The molecule has 0 aliphatic heterocycles. The zero-order valence-corrected chi connectivity index (χ0v) is 9.31. The van der Waals surface area contributed by atoms with Crippen molar-refractivity contribution in [3.05, 3.63) is 35.7 Å². The molecule has 0 fully saturated rings. The van der Waals surface area contributed by atoms with Crippen LogP contribution < -0.4 is 4.74 Å². The lowest BCUT2D eigenvalue weighted by Crippen LogP contribution is -1.88. The minimum atomic E-state index is -0.434. The number of carbonyl (C=O) groups excluding carboxylic acids is 1. The molecule has 0 aliphatic carbocycles. The summed E-state index contributed by atoms with van der Waals surface area (Å²) in [6.07, 6.45) is 4.68. The molecule has 1 aromatic rings. The third-order valence-corrected chi connectivity index (χ3v) is 2.33. The van der Waals surface area contributed by atoms with Crippen molar-refractivity contribution in [2.75, 3.05) is 13.4 Å². The van der Waals surface area contributed by atoms with Gasteiger partial charge in [0.1, 0.15) is 0 Å². The van der Waals surface area contributed by atoms with E-state index in [2.05, 4.69) is 0 Å². The number of rotatable bonds is 3. The fraction of sp³-hybridized carbons (Fsp3) is 0.182. The smallest absolute Gasteiger partial charge is 0.211 e. The van der Waals surface area contributed by atoms with Crippen LogP contribution in [0.15, 0.2) is 24.3 Å². The quantitative estimate of drug-likeness (QED) is 0.741. The highest BCUT2D eigenvalue weighted by molar-refractivity contribution is 8.13. The molecule has 0 aromatic heterocycles. The van der Waals surface area contributed by atoms with E-state index in [4.69, 9.17) is 4.74 Å². The molecule has 1 rings (SSSR count). The molecule has 0 spiro atoms. The van der Waals surface area contributed by atoms with Gasteiger partial charge in [-0.3, -0.25) is 4.79 Å². The van der Waals surface area contributed by atoms with E-state index in [1.807, 2.05) is 0 Å². The van der Waals surface area contributed by atoms with Gasteiger partial charge in [-0.15, -0.1) is 0 Å². The molecule has 0 atom stereocenters. The Morgan fingerprint density at radius 2 is 2.27 bits per heavy atom. The predicted octanol–water partition coefficient (Wildman–Crippen LogP) is 2.74. The molecule has 0 saturated heterocycles. The Bertz CT molecular complexity index is 388. The Balaban J connectivity index is 2.84. The number of halogens is 1. The average Bonchev–Trinajstić information content (AvgIpc) is 2.26. The molecule has 2 nitrogen and oxygen atoms in total. The topological polar surface area (TPSA) is 26.3 Å². The monoisotopic (exact) mass is 226 g/mol. The summed E-state index contributed by atoms with van der Waals surface area (Å²) in [4.78, 5) is 11.0. The van der Waals surface area contributed by atoms with Crippen LogP contribution >= 0.6 is 11.8 Å². The molecule has 80 valence electrons. The largest absolute Gasteiger partial charge is 0.494 e. The van der Waals surface area contributed by atoms with Gasteiger partial charge in [0.05, 0.1) is 7.11 Å². The molecule has 0 heterocycles. The number of hydrogen-bond acceptors (Lipinski definition) is 3. The van der Waals surface area contributed by atoms with E-state index in [1.165, 1.54) is 25.3 Å². The normalized spacial score (nSPS) is 10.6. The van der Waals surface area contributed by atoms with Gasteiger partial charge in [-0.1, -0.05) is 23.9 Å². The number of thioether (sulfide) groups is 1. The Hall–Kier alpha value is -1.29. The van der Waals surface area contributed by atoms with Crippen molar-refractivity contribution in [3.63, 3.8) is 0 Å². The first-order valence-electron chi connectivity index (χ1n) is 4.27. The molecule has 0 amide bonds. The Kier molecular flexibility index (Phi) is 4.37. The SMILES string of the molecule is COc1ccc(/C=C/C(=O)SC)cc1F. The molecule has 0 N–H and O–H groups in total. The zero-order chi connectivity index (χ0) is 11.3. The maximum absolute atomic E-state index is 13.2. The molecule has 1 aromatic carbocycles. The van der Waals surface area contributed by atoms with Crippen molar-refractivity contribution in [2.45, 2.75) is 0 Å². The van der Waals surface area contributed by atoms with E-state index in [1.54, 1.807) is 18.4 Å². The average molecular weight is 226 g/mol. The van der Waals surface area contributed by atoms with Crippen LogP contribution in [0.2, 0.25) is 0 Å². The van der Waals surface area contributed by atoms with E-state index in [-0.39, 0.29) is 10.9 Å². The molecule has 0 bridgehead atoms. The van der Waals surface area contributed by atoms with Crippen molar-refractivity contribution >= 4 is 23.0 Å². The van der Waals surface area contributed by atoms with Crippen LogP contribution in [0.25, 0.3) is 6.08 Å². The van der Waals surface area contributed by atoms with E-state index in [0.717, 1.165) is 11.8 Å². The van der Waals surface area contributed by atoms with E-state index in [9.17, 15) is 9.18 Å². The van der Waals surface area contributed by atoms with E-state index in [0.29, 0.717) is 5.56 Å². The van der Waals surface area contributed by atoms with Crippen LogP contribution in [0.3, 0.4) is 0 Å². The van der Waals surface area contributed by atoms with E-state index >= 15 is 0 Å². The summed E-state index contributed by atoms with van der Waals surface area (Å²) in [5, 5.41) is -0.0637. The fourth-order valence-electron chi connectivity index (χ4n) is 1.02. The highest BCUT2D eigenvalue weighted by Crippen LogP contribution is 2.18. The number of benzene rings is 1. The Morgan fingerprint density at radius 1 is 1.53 bits per heavy atom. The van der Waals surface area contributed by atoms with Gasteiger partial charge in [-0.05, 0) is 30.0 Å². The summed E-state index contributed by atoms with van der Waals surface area (Å²) in [5.74, 6) is -0.236. The molecular weight excluding hydrogens is 215 g/mol. The minimum absolute atomic E-state index is 0.0637. The first-order valence-corrected chi connectivity index (χ1v) is 5.49. The van der Waals surface area contributed by atoms with Crippen LogP contribution in [0, 0.1) is 5.82 Å². The van der Waals surface area contributed by atoms with Gasteiger partial charge in [0.15, 0.2) is 11.6 Å². The molecule has 0 radical (unpaired) electrons. The summed E-state index contributed by atoms with van der Waals surface area (Å²) in [7, 11) is 1.41. The molecular formula is C11H11FO2S. The van der Waals surface area contributed by atoms with E-state index < -0.39 is 5.82 Å². The van der Waals surface area contributed by atoms with Gasteiger partial charge in [0, 0.05) is 0 Å².